The fourth-order valence-electron chi connectivity index (χ4n) is 4.00. The van der Waals surface area contributed by atoms with E-state index in [2.05, 4.69) is 10.4 Å². The van der Waals surface area contributed by atoms with Crippen LogP contribution in [0.1, 0.15) is 33.9 Å². The number of ether oxygens (including phenoxy) is 1. The molecule has 0 fully saturated rings. The number of aliphatic imine (C=N–C) groups is 1. The van der Waals surface area contributed by atoms with Gasteiger partial charge in [-0.25, -0.2) is 18.5 Å². The first kappa shape index (κ1) is 21.5. The highest BCUT2D eigenvalue weighted by Crippen LogP contribution is 2.37. The van der Waals surface area contributed by atoms with Crippen LogP contribution in [-0.4, -0.2) is 28.5 Å². The Morgan fingerprint density at radius 2 is 1.85 bits per heavy atom. The minimum atomic E-state index is -0.498. The number of methoxy groups -OCH3 is 1. The Morgan fingerprint density at radius 1 is 1.06 bits per heavy atom. The summed E-state index contributed by atoms with van der Waals surface area (Å²) in [6.45, 7) is 0. The number of halogens is 2. The first-order valence-corrected chi connectivity index (χ1v) is 10.6. The molecule has 0 spiro atoms. The number of carbonyl (C=O) groups is 1. The number of fused-ring (bicyclic) bond motifs is 1. The van der Waals surface area contributed by atoms with E-state index in [4.69, 9.17) is 9.73 Å². The topological polar surface area (TPSA) is 68.5 Å². The zero-order chi connectivity index (χ0) is 23.7. The van der Waals surface area contributed by atoms with E-state index in [9.17, 15) is 13.6 Å². The molecular weight excluding hydrogens is 438 g/mol. The minimum Gasteiger partial charge on any atom is -0.497 e. The van der Waals surface area contributed by atoms with E-state index >= 15 is 0 Å². The number of benzene rings is 3. The summed E-state index contributed by atoms with van der Waals surface area (Å²) in [5, 5.41) is 7.13. The van der Waals surface area contributed by atoms with Crippen LogP contribution in [0.2, 0.25) is 0 Å². The van der Waals surface area contributed by atoms with Gasteiger partial charge >= 0.3 is 0 Å². The molecule has 1 unspecified atom stereocenters. The molecule has 34 heavy (non-hydrogen) atoms. The van der Waals surface area contributed by atoms with Gasteiger partial charge in [0.05, 0.1) is 25.1 Å². The van der Waals surface area contributed by atoms with Gasteiger partial charge in [-0.05, 0) is 48.0 Å². The molecule has 1 amide bonds. The number of nitrogens with zero attached hydrogens (tertiary/aromatic N) is 3. The summed E-state index contributed by atoms with van der Waals surface area (Å²) in [5.74, 6) is -0.233. The van der Waals surface area contributed by atoms with Crippen molar-refractivity contribution in [1.82, 2.24) is 9.78 Å². The Kier molecular flexibility index (Phi) is 5.63. The van der Waals surface area contributed by atoms with Crippen molar-refractivity contribution in [3.05, 3.63) is 107 Å². The second-order valence-corrected chi connectivity index (χ2v) is 7.82. The monoisotopic (exact) mass is 458 g/mol. The number of carbonyl (C=O) groups excluding carboxylic acids is 1. The molecule has 0 saturated carbocycles. The van der Waals surface area contributed by atoms with E-state index in [0.717, 1.165) is 5.56 Å². The lowest BCUT2D eigenvalue weighted by Crippen LogP contribution is -2.23. The quantitative estimate of drug-likeness (QED) is 0.427. The molecular formula is C26H20F2N4O2. The standard InChI is InChI=1S/C26H20F2N4O2/c1-34-19-6-4-5-16(13-19)23-14-24(20-7-2-3-8-22(20)28)32-25(31-23)21(15-29-32)26(33)30-18-11-9-17(27)10-12-18/h2-13,15,24H,14H2,1H3,(H,30,33). The van der Waals surface area contributed by atoms with E-state index in [0.29, 0.717) is 35.0 Å². The van der Waals surface area contributed by atoms with Crippen LogP contribution in [0.25, 0.3) is 0 Å². The lowest BCUT2D eigenvalue weighted by atomic mass is 9.95. The summed E-state index contributed by atoms with van der Waals surface area (Å²) < 4.78 is 34.9. The van der Waals surface area contributed by atoms with Gasteiger partial charge in [0.1, 0.15) is 22.9 Å². The lowest BCUT2D eigenvalue weighted by Gasteiger charge is -2.25. The predicted molar refractivity (Wildman–Crippen MR) is 125 cm³/mol. The Bertz CT molecular complexity index is 1400. The van der Waals surface area contributed by atoms with Crippen molar-refractivity contribution in [2.24, 2.45) is 4.99 Å². The SMILES string of the molecule is COc1cccc(C2=Nc3c(C(=O)Nc4ccc(F)cc4)cnn3C(c3ccccc3F)C2)c1. The van der Waals surface area contributed by atoms with Gasteiger partial charge in [0.15, 0.2) is 5.82 Å². The molecule has 4 aromatic rings. The number of nitrogens with one attached hydrogen (secondary N) is 1. The molecule has 1 aliphatic rings. The average molecular weight is 458 g/mol. The van der Waals surface area contributed by atoms with Crippen molar-refractivity contribution in [3.63, 3.8) is 0 Å². The van der Waals surface area contributed by atoms with Crippen molar-refractivity contribution in [3.8, 4) is 5.75 Å². The molecule has 0 aliphatic carbocycles. The third-order valence-electron chi connectivity index (χ3n) is 5.71. The van der Waals surface area contributed by atoms with Gasteiger partial charge in [0.25, 0.3) is 5.91 Å². The highest BCUT2D eigenvalue weighted by molar-refractivity contribution is 6.09. The van der Waals surface area contributed by atoms with Crippen LogP contribution >= 0.6 is 0 Å². The molecule has 170 valence electrons. The van der Waals surface area contributed by atoms with Crippen LogP contribution in [0.15, 0.2) is 84.0 Å². The van der Waals surface area contributed by atoms with Gasteiger partial charge in [-0.2, -0.15) is 5.10 Å². The van der Waals surface area contributed by atoms with Gasteiger partial charge < -0.3 is 10.1 Å². The largest absolute Gasteiger partial charge is 0.497 e. The van der Waals surface area contributed by atoms with Crippen molar-refractivity contribution < 1.29 is 18.3 Å². The molecule has 1 aliphatic heterocycles. The molecule has 8 heteroatoms. The number of anilines is 1. The summed E-state index contributed by atoms with van der Waals surface area (Å²) in [6, 6.07) is 18.9. The number of aromatic nitrogens is 2. The molecule has 0 radical (unpaired) electrons. The molecule has 0 bridgehead atoms. The van der Waals surface area contributed by atoms with E-state index < -0.39 is 17.8 Å². The second-order valence-electron chi connectivity index (χ2n) is 7.82. The van der Waals surface area contributed by atoms with Gasteiger partial charge in [-0.3, -0.25) is 4.79 Å². The maximum atomic E-state index is 14.8. The van der Waals surface area contributed by atoms with Gasteiger partial charge in [-0.15, -0.1) is 0 Å². The maximum Gasteiger partial charge on any atom is 0.261 e. The summed E-state index contributed by atoms with van der Waals surface area (Å²) in [5.41, 5.74) is 2.59. The second kappa shape index (κ2) is 8.90. The predicted octanol–water partition coefficient (Wildman–Crippen LogP) is 5.54. The van der Waals surface area contributed by atoms with Crippen molar-refractivity contribution in [2.45, 2.75) is 12.5 Å². The number of amides is 1. The normalized spacial score (nSPS) is 14.8. The number of rotatable bonds is 5. The van der Waals surface area contributed by atoms with Gasteiger partial charge in [0, 0.05) is 17.7 Å². The van der Waals surface area contributed by atoms with Crippen molar-refractivity contribution in [2.75, 3.05) is 12.4 Å². The molecule has 1 N–H and O–H groups in total. The molecule has 5 rings (SSSR count). The molecule has 3 aromatic carbocycles. The highest BCUT2D eigenvalue weighted by Gasteiger charge is 2.31. The van der Waals surface area contributed by atoms with Crippen molar-refractivity contribution >= 4 is 23.1 Å². The molecule has 0 saturated heterocycles. The van der Waals surface area contributed by atoms with E-state index in [1.54, 1.807) is 30.0 Å². The Labute approximate surface area is 194 Å². The van der Waals surface area contributed by atoms with Crippen LogP contribution in [0.5, 0.6) is 5.75 Å². The smallest absolute Gasteiger partial charge is 0.261 e. The minimum absolute atomic E-state index is 0.228. The van der Waals surface area contributed by atoms with Gasteiger partial charge in [-0.1, -0.05) is 30.3 Å². The summed E-state index contributed by atoms with van der Waals surface area (Å²) in [6.07, 6.45) is 1.79. The molecule has 1 aromatic heterocycles. The van der Waals surface area contributed by atoms with E-state index in [-0.39, 0.29) is 11.4 Å². The summed E-state index contributed by atoms with van der Waals surface area (Å²) >= 11 is 0. The maximum absolute atomic E-state index is 14.8. The van der Waals surface area contributed by atoms with Crippen LogP contribution in [0.4, 0.5) is 20.3 Å². The Morgan fingerprint density at radius 3 is 2.62 bits per heavy atom. The number of hydrogen-bond acceptors (Lipinski definition) is 4. The van der Waals surface area contributed by atoms with Gasteiger partial charge in [0.2, 0.25) is 0 Å². The fourth-order valence-corrected chi connectivity index (χ4v) is 4.00. The molecule has 6 nitrogen and oxygen atoms in total. The molecule has 2 heterocycles. The lowest BCUT2D eigenvalue weighted by molar-refractivity contribution is 0.102. The number of hydrogen-bond donors (Lipinski definition) is 1. The van der Waals surface area contributed by atoms with E-state index in [1.807, 2.05) is 24.3 Å². The first-order chi connectivity index (χ1) is 16.5. The first-order valence-electron chi connectivity index (χ1n) is 10.6. The van der Waals surface area contributed by atoms with Crippen LogP contribution in [0, 0.1) is 11.6 Å². The summed E-state index contributed by atoms with van der Waals surface area (Å²) in [4.78, 5) is 17.8. The zero-order valence-corrected chi connectivity index (χ0v) is 18.2. The Balaban J connectivity index is 1.59. The summed E-state index contributed by atoms with van der Waals surface area (Å²) in [7, 11) is 1.58. The van der Waals surface area contributed by atoms with Crippen LogP contribution < -0.4 is 10.1 Å². The van der Waals surface area contributed by atoms with Crippen LogP contribution in [-0.2, 0) is 0 Å². The van der Waals surface area contributed by atoms with E-state index in [1.165, 1.54) is 36.5 Å². The highest BCUT2D eigenvalue weighted by atomic mass is 19.1. The fraction of sp³-hybridized carbons (Fsp3) is 0.115. The van der Waals surface area contributed by atoms with Crippen molar-refractivity contribution in [1.29, 1.82) is 0 Å². The average Bonchev–Trinajstić information content (AvgIpc) is 3.29. The zero-order valence-electron chi connectivity index (χ0n) is 18.2. The molecule has 1 atom stereocenters. The Hall–Kier alpha value is -4.33. The third kappa shape index (κ3) is 4.05. The van der Waals surface area contributed by atoms with Crippen LogP contribution in [0.3, 0.4) is 0 Å². The third-order valence-corrected chi connectivity index (χ3v) is 5.71.